The maximum atomic E-state index is 12.9. The minimum Gasteiger partial charge on any atom is -0.464 e. The van der Waals surface area contributed by atoms with E-state index in [1.807, 2.05) is 0 Å². The van der Waals surface area contributed by atoms with Gasteiger partial charge in [-0.25, -0.2) is 4.39 Å². The van der Waals surface area contributed by atoms with E-state index >= 15 is 0 Å². The van der Waals surface area contributed by atoms with Crippen LogP contribution < -0.4 is 0 Å². The van der Waals surface area contributed by atoms with Crippen molar-refractivity contribution < 1.29 is 19.0 Å². The topological polar surface area (TPSA) is 46.5 Å². The number of ether oxygens (including phenoxy) is 1. The standard InChI is InChI=1S/C10H17FO3S/c1-10(2,3)9(13)14-5-6-4-7(11)8(12)15-6/h6-8,12H,4-5H2,1-3H3/t6?,7-,8?/m0/s1. The van der Waals surface area contributed by atoms with E-state index < -0.39 is 17.0 Å². The van der Waals surface area contributed by atoms with Crippen LogP contribution in [0.3, 0.4) is 0 Å². The summed E-state index contributed by atoms with van der Waals surface area (Å²) in [6.45, 7) is 5.48. The van der Waals surface area contributed by atoms with Crippen LogP contribution in [0.5, 0.6) is 0 Å². The maximum Gasteiger partial charge on any atom is 0.311 e. The van der Waals surface area contributed by atoms with Crippen LogP contribution >= 0.6 is 11.8 Å². The molecule has 0 radical (unpaired) electrons. The van der Waals surface area contributed by atoms with E-state index in [0.29, 0.717) is 0 Å². The largest absolute Gasteiger partial charge is 0.464 e. The number of halogens is 1. The average Bonchev–Trinajstić information content (AvgIpc) is 2.41. The van der Waals surface area contributed by atoms with Crippen LogP contribution in [0.1, 0.15) is 27.2 Å². The Hall–Kier alpha value is -0.290. The average molecular weight is 236 g/mol. The summed E-state index contributed by atoms with van der Waals surface area (Å²) in [7, 11) is 0. The Kier molecular flexibility index (Phi) is 4.00. The lowest BCUT2D eigenvalue weighted by molar-refractivity contribution is -0.152. The maximum absolute atomic E-state index is 12.9. The molecule has 0 spiro atoms. The van der Waals surface area contributed by atoms with Crippen molar-refractivity contribution in [1.29, 1.82) is 0 Å². The first-order chi connectivity index (χ1) is 6.80. The van der Waals surface area contributed by atoms with E-state index in [1.54, 1.807) is 20.8 Å². The molecule has 5 heteroatoms. The van der Waals surface area contributed by atoms with E-state index in [0.717, 1.165) is 11.8 Å². The van der Waals surface area contributed by atoms with Gasteiger partial charge in [0.05, 0.1) is 5.41 Å². The van der Waals surface area contributed by atoms with Crippen molar-refractivity contribution in [2.24, 2.45) is 5.41 Å². The molecule has 3 atom stereocenters. The van der Waals surface area contributed by atoms with Crippen LogP contribution in [0.4, 0.5) is 4.39 Å². The van der Waals surface area contributed by atoms with E-state index in [1.165, 1.54) is 0 Å². The fourth-order valence-corrected chi connectivity index (χ4v) is 2.32. The molecule has 2 unspecified atom stereocenters. The first-order valence-electron chi connectivity index (χ1n) is 4.95. The van der Waals surface area contributed by atoms with Crippen LogP contribution in [0.2, 0.25) is 0 Å². The van der Waals surface area contributed by atoms with E-state index in [-0.39, 0.29) is 24.2 Å². The molecule has 0 aromatic heterocycles. The fourth-order valence-electron chi connectivity index (χ4n) is 1.20. The molecule has 3 nitrogen and oxygen atoms in total. The molecular weight excluding hydrogens is 219 g/mol. The first-order valence-corrected chi connectivity index (χ1v) is 5.90. The van der Waals surface area contributed by atoms with Crippen LogP contribution in [0.15, 0.2) is 0 Å². The van der Waals surface area contributed by atoms with Gasteiger partial charge in [-0.15, -0.1) is 11.8 Å². The van der Waals surface area contributed by atoms with Crippen LogP contribution in [-0.4, -0.2) is 34.5 Å². The SMILES string of the molecule is CC(C)(C)C(=O)OCC1C[C@H](F)C(O)S1. The molecule has 0 aromatic rings. The van der Waals surface area contributed by atoms with Crippen molar-refractivity contribution >= 4 is 17.7 Å². The van der Waals surface area contributed by atoms with Gasteiger partial charge in [-0.05, 0) is 27.2 Å². The summed E-state index contributed by atoms with van der Waals surface area (Å²) < 4.78 is 18.0. The minimum absolute atomic E-state index is 0.124. The first kappa shape index (κ1) is 12.8. The van der Waals surface area contributed by atoms with E-state index in [2.05, 4.69) is 0 Å². The summed E-state index contributed by atoms with van der Waals surface area (Å²) in [5.41, 5.74) is -1.50. The van der Waals surface area contributed by atoms with Gasteiger partial charge in [0.15, 0.2) is 0 Å². The monoisotopic (exact) mass is 236 g/mol. The predicted octanol–water partition coefficient (Wildman–Crippen LogP) is 1.74. The third-order valence-electron chi connectivity index (χ3n) is 2.14. The number of alkyl halides is 1. The summed E-state index contributed by atoms with van der Waals surface area (Å²) in [5, 5.41) is 9.02. The Labute approximate surface area is 93.4 Å². The molecule has 0 aromatic carbocycles. The molecule has 0 amide bonds. The normalized spacial score (nSPS) is 31.7. The van der Waals surface area contributed by atoms with E-state index in [9.17, 15) is 9.18 Å². The molecule has 1 saturated heterocycles. The Morgan fingerprint density at radius 2 is 2.20 bits per heavy atom. The quantitative estimate of drug-likeness (QED) is 0.742. The van der Waals surface area contributed by atoms with Crippen molar-refractivity contribution in [2.75, 3.05) is 6.61 Å². The summed E-state index contributed by atoms with van der Waals surface area (Å²) in [6, 6.07) is 0. The Bertz CT molecular complexity index is 229. The zero-order valence-electron chi connectivity index (χ0n) is 9.20. The Balaban J connectivity index is 2.30. The minimum atomic E-state index is -1.20. The Morgan fingerprint density at radius 1 is 1.60 bits per heavy atom. The number of carbonyl (C=O) groups excluding carboxylic acids is 1. The molecule has 1 heterocycles. The molecule has 1 rings (SSSR count). The molecule has 1 aliphatic rings. The van der Waals surface area contributed by atoms with Gasteiger partial charge < -0.3 is 9.84 Å². The van der Waals surface area contributed by atoms with Crippen molar-refractivity contribution in [2.45, 2.75) is 44.0 Å². The summed E-state index contributed by atoms with van der Waals surface area (Å²) in [4.78, 5) is 11.4. The van der Waals surface area contributed by atoms with Crippen LogP contribution in [-0.2, 0) is 9.53 Å². The molecule has 1 aliphatic heterocycles. The molecule has 1 fully saturated rings. The number of aliphatic hydroxyl groups excluding tert-OH is 1. The highest BCUT2D eigenvalue weighted by Gasteiger charge is 2.35. The third-order valence-corrected chi connectivity index (χ3v) is 3.43. The predicted molar refractivity (Wildman–Crippen MR) is 57.3 cm³/mol. The lowest BCUT2D eigenvalue weighted by Gasteiger charge is -2.18. The van der Waals surface area contributed by atoms with Gasteiger partial charge in [0, 0.05) is 5.25 Å². The summed E-state index contributed by atoms with van der Waals surface area (Å²) in [6.07, 6.45) is -0.947. The van der Waals surface area contributed by atoms with Gasteiger partial charge in [0.25, 0.3) is 0 Å². The molecule has 1 N–H and O–H groups in total. The fraction of sp³-hybridized carbons (Fsp3) is 0.900. The second kappa shape index (κ2) is 4.70. The van der Waals surface area contributed by atoms with Gasteiger partial charge in [0.1, 0.15) is 18.2 Å². The molecular formula is C10H17FO3S. The van der Waals surface area contributed by atoms with Gasteiger partial charge in [-0.2, -0.15) is 0 Å². The molecule has 15 heavy (non-hydrogen) atoms. The molecule has 0 aliphatic carbocycles. The second-order valence-electron chi connectivity index (χ2n) is 4.75. The number of aliphatic hydroxyl groups is 1. The second-order valence-corrected chi connectivity index (χ2v) is 6.17. The Morgan fingerprint density at radius 3 is 2.60 bits per heavy atom. The van der Waals surface area contributed by atoms with Crippen LogP contribution in [0.25, 0.3) is 0 Å². The number of thioether (sulfide) groups is 1. The summed E-state index contributed by atoms with van der Waals surface area (Å²) >= 11 is 1.13. The number of esters is 1. The van der Waals surface area contributed by atoms with Crippen molar-refractivity contribution in [3.05, 3.63) is 0 Å². The highest BCUT2D eigenvalue weighted by molar-refractivity contribution is 8.00. The third kappa shape index (κ3) is 3.65. The van der Waals surface area contributed by atoms with Gasteiger partial charge in [-0.3, -0.25) is 4.79 Å². The lowest BCUT2D eigenvalue weighted by Crippen LogP contribution is -2.25. The van der Waals surface area contributed by atoms with Gasteiger partial charge in [-0.1, -0.05) is 0 Å². The van der Waals surface area contributed by atoms with Crippen molar-refractivity contribution in [3.8, 4) is 0 Å². The number of rotatable bonds is 2. The van der Waals surface area contributed by atoms with E-state index in [4.69, 9.17) is 9.84 Å². The van der Waals surface area contributed by atoms with Gasteiger partial charge >= 0.3 is 5.97 Å². The highest BCUT2D eigenvalue weighted by Crippen LogP contribution is 2.34. The summed E-state index contributed by atoms with van der Waals surface area (Å²) in [5.74, 6) is -0.292. The highest BCUT2D eigenvalue weighted by atomic mass is 32.2. The lowest BCUT2D eigenvalue weighted by atomic mass is 9.97. The van der Waals surface area contributed by atoms with Gasteiger partial charge in [0.2, 0.25) is 0 Å². The van der Waals surface area contributed by atoms with Crippen molar-refractivity contribution in [3.63, 3.8) is 0 Å². The molecule has 0 saturated carbocycles. The molecule has 88 valence electrons. The number of hydrogen-bond donors (Lipinski definition) is 1. The smallest absolute Gasteiger partial charge is 0.311 e. The number of hydrogen-bond acceptors (Lipinski definition) is 4. The van der Waals surface area contributed by atoms with Crippen LogP contribution in [0, 0.1) is 5.41 Å². The van der Waals surface area contributed by atoms with Crippen molar-refractivity contribution in [1.82, 2.24) is 0 Å². The zero-order chi connectivity index (χ0) is 11.6. The molecule has 0 bridgehead atoms. The zero-order valence-corrected chi connectivity index (χ0v) is 10.0. The number of carbonyl (C=O) groups is 1.